The van der Waals surface area contributed by atoms with Gasteiger partial charge in [0.1, 0.15) is 17.2 Å². The largest absolute Gasteiger partial charge is 0.497 e. The molecule has 0 atom stereocenters. The standard InChI is InChI=1S/C26H26N2O4S/c1-26(2,3)16-8-10-18(11-9-16)28-24(29)22(21-7-6-12-33-21)23(25(28)30)27-17-13-19(31-4)15-20(14-17)32-5/h6-15,27H,1-5H3. The number of carbonyl (C=O) groups is 2. The maximum absolute atomic E-state index is 13.5. The molecule has 3 aromatic rings. The van der Waals surface area contributed by atoms with Gasteiger partial charge >= 0.3 is 0 Å². The van der Waals surface area contributed by atoms with Gasteiger partial charge in [0, 0.05) is 28.8 Å². The number of benzene rings is 2. The van der Waals surface area contributed by atoms with Crippen molar-refractivity contribution in [3.63, 3.8) is 0 Å². The molecule has 7 heteroatoms. The van der Waals surface area contributed by atoms with Crippen molar-refractivity contribution in [2.24, 2.45) is 0 Å². The zero-order valence-corrected chi connectivity index (χ0v) is 20.1. The molecular weight excluding hydrogens is 436 g/mol. The lowest BCUT2D eigenvalue weighted by Crippen LogP contribution is -2.32. The summed E-state index contributed by atoms with van der Waals surface area (Å²) in [4.78, 5) is 29.0. The summed E-state index contributed by atoms with van der Waals surface area (Å²) in [5, 5.41) is 5.04. The van der Waals surface area contributed by atoms with Crippen molar-refractivity contribution in [3.8, 4) is 11.5 Å². The number of thiophene rings is 1. The normalized spacial score (nSPS) is 14.2. The smallest absolute Gasteiger partial charge is 0.282 e. The number of methoxy groups -OCH3 is 2. The SMILES string of the molecule is COc1cc(NC2=C(c3cccs3)C(=O)N(c3ccc(C(C)(C)C)cc3)C2=O)cc(OC)c1. The quantitative estimate of drug-likeness (QED) is 0.493. The molecule has 1 aliphatic rings. The number of hydrogen-bond acceptors (Lipinski definition) is 6. The van der Waals surface area contributed by atoms with E-state index in [9.17, 15) is 9.59 Å². The minimum absolute atomic E-state index is 0.0317. The van der Waals surface area contributed by atoms with Gasteiger partial charge in [-0.2, -0.15) is 0 Å². The van der Waals surface area contributed by atoms with Gasteiger partial charge in [-0.1, -0.05) is 39.0 Å². The minimum atomic E-state index is -0.409. The van der Waals surface area contributed by atoms with Crippen molar-refractivity contribution in [1.82, 2.24) is 0 Å². The molecule has 2 amide bonds. The number of anilines is 2. The van der Waals surface area contributed by atoms with Gasteiger partial charge in [-0.25, -0.2) is 4.90 Å². The van der Waals surface area contributed by atoms with E-state index in [-0.39, 0.29) is 17.0 Å². The Morgan fingerprint density at radius 3 is 2.03 bits per heavy atom. The monoisotopic (exact) mass is 462 g/mol. The highest BCUT2D eigenvalue weighted by Gasteiger charge is 2.40. The maximum atomic E-state index is 13.5. The molecule has 0 radical (unpaired) electrons. The molecule has 0 saturated heterocycles. The molecule has 6 nitrogen and oxygen atoms in total. The fourth-order valence-corrected chi connectivity index (χ4v) is 4.43. The fourth-order valence-electron chi connectivity index (χ4n) is 3.66. The summed E-state index contributed by atoms with van der Waals surface area (Å²) < 4.78 is 10.7. The first kappa shape index (κ1) is 22.6. The number of hydrogen-bond donors (Lipinski definition) is 1. The average molecular weight is 463 g/mol. The van der Waals surface area contributed by atoms with Crippen LogP contribution in [0.5, 0.6) is 11.5 Å². The lowest BCUT2D eigenvalue weighted by atomic mass is 9.87. The van der Waals surface area contributed by atoms with Crippen LogP contribution in [-0.4, -0.2) is 26.0 Å². The van der Waals surface area contributed by atoms with E-state index in [1.807, 2.05) is 41.8 Å². The molecule has 2 heterocycles. The molecule has 33 heavy (non-hydrogen) atoms. The molecule has 0 fully saturated rings. The number of ether oxygens (including phenoxy) is 2. The third kappa shape index (κ3) is 4.36. The number of imide groups is 1. The molecule has 1 aliphatic heterocycles. The van der Waals surface area contributed by atoms with Crippen LogP contribution in [0.25, 0.3) is 5.57 Å². The van der Waals surface area contributed by atoms with Crippen LogP contribution in [0, 0.1) is 0 Å². The Morgan fingerprint density at radius 2 is 1.52 bits per heavy atom. The summed E-state index contributed by atoms with van der Waals surface area (Å²) in [6.07, 6.45) is 0. The van der Waals surface area contributed by atoms with Gasteiger partial charge in [0.25, 0.3) is 11.8 Å². The summed E-state index contributed by atoms with van der Waals surface area (Å²) in [6, 6.07) is 16.5. The topological polar surface area (TPSA) is 67.9 Å². The van der Waals surface area contributed by atoms with E-state index in [4.69, 9.17) is 9.47 Å². The van der Waals surface area contributed by atoms with Gasteiger partial charge in [0.05, 0.1) is 25.5 Å². The van der Waals surface area contributed by atoms with Crippen LogP contribution in [0.4, 0.5) is 11.4 Å². The van der Waals surface area contributed by atoms with Gasteiger partial charge in [-0.15, -0.1) is 11.3 Å². The Hall–Kier alpha value is -3.58. The Labute approximate surface area is 197 Å². The number of carbonyl (C=O) groups excluding carboxylic acids is 2. The summed E-state index contributed by atoms with van der Waals surface area (Å²) in [6.45, 7) is 6.36. The fraction of sp³-hybridized carbons (Fsp3) is 0.231. The second-order valence-electron chi connectivity index (χ2n) is 8.70. The van der Waals surface area contributed by atoms with Crippen LogP contribution < -0.4 is 19.7 Å². The van der Waals surface area contributed by atoms with E-state index in [0.29, 0.717) is 28.4 Å². The van der Waals surface area contributed by atoms with Crippen LogP contribution in [0.3, 0.4) is 0 Å². The van der Waals surface area contributed by atoms with Gasteiger partial charge in [-0.3, -0.25) is 9.59 Å². The first-order valence-corrected chi connectivity index (χ1v) is 11.4. The average Bonchev–Trinajstić information content (AvgIpc) is 3.39. The van der Waals surface area contributed by atoms with Crippen molar-refractivity contribution in [2.45, 2.75) is 26.2 Å². The molecule has 0 saturated carbocycles. The molecule has 0 aliphatic carbocycles. The summed E-state index contributed by atoms with van der Waals surface area (Å²) in [5.41, 5.74) is 2.78. The third-order valence-corrected chi connectivity index (χ3v) is 6.35. The lowest BCUT2D eigenvalue weighted by Gasteiger charge is -2.21. The Kier molecular flexibility index (Phi) is 5.99. The Bertz CT molecular complexity index is 1200. The van der Waals surface area contributed by atoms with Crippen LogP contribution in [-0.2, 0) is 15.0 Å². The number of nitrogens with one attached hydrogen (secondary N) is 1. The van der Waals surface area contributed by atoms with E-state index in [2.05, 4.69) is 26.1 Å². The van der Waals surface area contributed by atoms with Crippen LogP contribution in [0.2, 0.25) is 0 Å². The molecule has 0 spiro atoms. The summed E-state index contributed by atoms with van der Waals surface area (Å²) >= 11 is 1.41. The third-order valence-electron chi connectivity index (χ3n) is 5.46. The van der Waals surface area contributed by atoms with E-state index in [1.54, 1.807) is 32.4 Å². The Balaban J connectivity index is 1.76. The van der Waals surface area contributed by atoms with Gasteiger partial charge < -0.3 is 14.8 Å². The zero-order chi connectivity index (χ0) is 23.8. The molecule has 1 aromatic heterocycles. The highest BCUT2D eigenvalue weighted by atomic mass is 32.1. The lowest BCUT2D eigenvalue weighted by molar-refractivity contribution is -0.120. The molecular formula is C26H26N2O4S. The van der Waals surface area contributed by atoms with Gasteiger partial charge in [0.15, 0.2) is 0 Å². The van der Waals surface area contributed by atoms with Crippen molar-refractivity contribution in [3.05, 3.63) is 76.1 Å². The summed E-state index contributed by atoms with van der Waals surface area (Å²) in [7, 11) is 3.12. The van der Waals surface area contributed by atoms with Crippen molar-refractivity contribution in [1.29, 1.82) is 0 Å². The van der Waals surface area contributed by atoms with Crippen molar-refractivity contribution < 1.29 is 19.1 Å². The predicted octanol–water partition coefficient (Wildman–Crippen LogP) is 5.46. The van der Waals surface area contributed by atoms with Crippen LogP contribution in [0.15, 0.2) is 65.7 Å². The van der Waals surface area contributed by atoms with Crippen LogP contribution >= 0.6 is 11.3 Å². The Morgan fingerprint density at radius 1 is 0.879 bits per heavy atom. The van der Waals surface area contributed by atoms with E-state index < -0.39 is 5.91 Å². The summed E-state index contributed by atoms with van der Waals surface area (Å²) in [5.74, 6) is 0.375. The highest BCUT2D eigenvalue weighted by Crippen LogP contribution is 2.37. The molecule has 170 valence electrons. The molecule has 0 unspecified atom stereocenters. The van der Waals surface area contributed by atoms with E-state index >= 15 is 0 Å². The van der Waals surface area contributed by atoms with Crippen molar-refractivity contribution in [2.75, 3.05) is 24.4 Å². The maximum Gasteiger partial charge on any atom is 0.282 e. The highest BCUT2D eigenvalue weighted by molar-refractivity contribution is 7.11. The van der Waals surface area contributed by atoms with Gasteiger partial charge in [-0.05, 0) is 34.6 Å². The first-order chi connectivity index (χ1) is 15.7. The van der Waals surface area contributed by atoms with E-state index in [0.717, 1.165) is 10.4 Å². The zero-order valence-electron chi connectivity index (χ0n) is 19.3. The first-order valence-electron chi connectivity index (χ1n) is 10.5. The number of rotatable bonds is 6. The van der Waals surface area contributed by atoms with Gasteiger partial charge in [0.2, 0.25) is 0 Å². The number of nitrogens with zero attached hydrogens (tertiary/aromatic N) is 1. The second-order valence-corrected chi connectivity index (χ2v) is 9.64. The molecule has 1 N–H and O–H groups in total. The molecule has 2 aromatic carbocycles. The molecule has 0 bridgehead atoms. The number of amides is 2. The molecule has 4 rings (SSSR count). The second kappa shape index (κ2) is 8.75. The van der Waals surface area contributed by atoms with Crippen LogP contribution in [0.1, 0.15) is 31.2 Å². The predicted molar refractivity (Wildman–Crippen MR) is 132 cm³/mol. The van der Waals surface area contributed by atoms with E-state index in [1.165, 1.54) is 16.2 Å². The minimum Gasteiger partial charge on any atom is -0.497 e. The van der Waals surface area contributed by atoms with Crippen molar-refractivity contribution >= 4 is 40.1 Å².